The third kappa shape index (κ3) is 3.00. The van der Waals surface area contributed by atoms with Gasteiger partial charge >= 0.3 is 0 Å². The van der Waals surface area contributed by atoms with Gasteiger partial charge in [0.15, 0.2) is 0 Å². The molecule has 7 heteroatoms. The van der Waals surface area contributed by atoms with Crippen LogP contribution in [0.15, 0.2) is 18.2 Å². The average Bonchev–Trinajstić information content (AvgIpc) is 2.40. The molecule has 1 aromatic rings. The molecule has 1 heterocycles. The molecule has 0 radical (unpaired) electrons. The number of hydrogen-bond donors (Lipinski definition) is 2. The van der Waals surface area contributed by atoms with Gasteiger partial charge in [0.2, 0.25) is 5.91 Å². The van der Waals surface area contributed by atoms with Crippen LogP contribution in [-0.4, -0.2) is 42.4 Å². The lowest BCUT2D eigenvalue weighted by atomic mass is 10.1. The van der Waals surface area contributed by atoms with Crippen LogP contribution in [0.1, 0.15) is 10.4 Å². The van der Waals surface area contributed by atoms with E-state index in [-0.39, 0.29) is 11.5 Å². The highest BCUT2D eigenvalue weighted by Crippen LogP contribution is 2.23. The lowest BCUT2D eigenvalue weighted by Gasteiger charge is -2.34. The minimum Gasteiger partial charge on any atom is -0.368 e. The van der Waals surface area contributed by atoms with Gasteiger partial charge in [-0.15, -0.1) is 0 Å². The first kappa shape index (κ1) is 14.1. The van der Waals surface area contributed by atoms with Gasteiger partial charge in [-0.1, -0.05) is 23.2 Å². The Morgan fingerprint density at radius 2 is 2.11 bits per heavy atom. The van der Waals surface area contributed by atoms with Crippen LogP contribution in [0.25, 0.3) is 0 Å². The molecule has 1 aliphatic rings. The number of nitrogens with one attached hydrogen (secondary N) is 1. The standard InChI is InChI=1S/C12H13Cl2N3O2/c13-7-1-2-9(14)8(5-7)12(19)17-4-3-16-6-10(17)11(15)18/h1-2,5,10,16H,3-4,6H2,(H2,15,18). The Hall–Kier alpha value is -1.30. The van der Waals surface area contributed by atoms with E-state index in [0.717, 1.165) is 0 Å². The number of nitrogens with zero attached hydrogens (tertiary/aromatic N) is 1. The zero-order chi connectivity index (χ0) is 14.0. The lowest BCUT2D eigenvalue weighted by molar-refractivity contribution is -0.122. The van der Waals surface area contributed by atoms with Gasteiger partial charge in [0.1, 0.15) is 6.04 Å². The molecule has 5 nitrogen and oxygen atoms in total. The monoisotopic (exact) mass is 301 g/mol. The van der Waals surface area contributed by atoms with Gasteiger partial charge in [0, 0.05) is 24.7 Å². The lowest BCUT2D eigenvalue weighted by Crippen LogP contribution is -2.58. The Morgan fingerprint density at radius 1 is 1.37 bits per heavy atom. The van der Waals surface area contributed by atoms with Crippen molar-refractivity contribution >= 4 is 35.0 Å². The van der Waals surface area contributed by atoms with Gasteiger partial charge in [-0.3, -0.25) is 9.59 Å². The van der Waals surface area contributed by atoms with E-state index < -0.39 is 11.9 Å². The molecule has 0 aliphatic carbocycles. The zero-order valence-corrected chi connectivity index (χ0v) is 11.5. The maximum absolute atomic E-state index is 12.4. The number of rotatable bonds is 2. The second kappa shape index (κ2) is 5.77. The molecule has 2 amide bonds. The van der Waals surface area contributed by atoms with Crippen molar-refractivity contribution in [3.63, 3.8) is 0 Å². The smallest absolute Gasteiger partial charge is 0.256 e. The van der Waals surface area contributed by atoms with Gasteiger partial charge < -0.3 is 16.0 Å². The number of carbonyl (C=O) groups excluding carboxylic acids is 2. The fourth-order valence-corrected chi connectivity index (χ4v) is 2.39. The van der Waals surface area contributed by atoms with Crippen molar-refractivity contribution < 1.29 is 9.59 Å². The van der Waals surface area contributed by atoms with Crippen LogP contribution < -0.4 is 11.1 Å². The summed E-state index contributed by atoms with van der Waals surface area (Å²) in [6.07, 6.45) is 0. The predicted molar refractivity (Wildman–Crippen MR) is 73.4 cm³/mol. The Balaban J connectivity index is 2.31. The summed E-state index contributed by atoms with van der Waals surface area (Å²) in [5.74, 6) is -0.878. The van der Waals surface area contributed by atoms with Crippen molar-refractivity contribution in [2.75, 3.05) is 19.6 Å². The second-order valence-corrected chi connectivity index (χ2v) is 5.09. The summed E-state index contributed by atoms with van der Waals surface area (Å²) in [7, 11) is 0. The predicted octanol–water partition coefficient (Wildman–Crippen LogP) is 0.893. The molecule has 0 aromatic heterocycles. The molecule has 19 heavy (non-hydrogen) atoms. The highest BCUT2D eigenvalue weighted by atomic mass is 35.5. The van der Waals surface area contributed by atoms with E-state index in [1.807, 2.05) is 0 Å². The number of piperazine rings is 1. The van der Waals surface area contributed by atoms with E-state index in [9.17, 15) is 9.59 Å². The molecule has 1 unspecified atom stereocenters. The molecule has 1 aliphatic heterocycles. The third-order valence-corrected chi connectivity index (χ3v) is 3.56. The molecule has 1 fully saturated rings. The van der Waals surface area contributed by atoms with E-state index in [1.165, 1.54) is 11.0 Å². The molecule has 2 rings (SSSR count). The highest BCUT2D eigenvalue weighted by molar-refractivity contribution is 6.35. The van der Waals surface area contributed by atoms with E-state index >= 15 is 0 Å². The Bertz CT molecular complexity index is 522. The first-order valence-corrected chi connectivity index (χ1v) is 6.52. The quantitative estimate of drug-likeness (QED) is 0.852. The van der Waals surface area contributed by atoms with Gasteiger partial charge in [0.25, 0.3) is 5.91 Å². The number of benzene rings is 1. The van der Waals surface area contributed by atoms with Crippen LogP contribution in [0.3, 0.4) is 0 Å². The molecule has 0 bridgehead atoms. The van der Waals surface area contributed by atoms with Gasteiger partial charge in [-0.2, -0.15) is 0 Å². The van der Waals surface area contributed by atoms with Crippen LogP contribution in [0.4, 0.5) is 0 Å². The summed E-state index contributed by atoms with van der Waals surface area (Å²) in [5, 5.41) is 3.74. The number of hydrogen-bond acceptors (Lipinski definition) is 3. The van der Waals surface area contributed by atoms with Crippen LogP contribution >= 0.6 is 23.2 Å². The molecule has 1 saturated heterocycles. The normalized spacial score (nSPS) is 19.3. The SMILES string of the molecule is NC(=O)C1CNCCN1C(=O)c1cc(Cl)ccc1Cl. The second-order valence-electron chi connectivity index (χ2n) is 4.25. The molecule has 102 valence electrons. The molecule has 1 aromatic carbocycles. The Morgan fingerprint density at radius 3 is 2.79 bits per heavy atom. The highest BCUT2D eigenvalue weighted by Gasteiger charge is 2.31. The number of amides is 2. The molecule has 0 saturated carbocycles. The average molecular weight is 302 g/mol. The van der Waals surface area contributed by atoms with Crippen molar-refractivity contribution in [1.82, 2.24) is 10.2 Å². The third-order valence-electron chi connectivity index (χ3n) is 2.99. The van der Waals surface area contributed by atoms with Crippen molar-refractivity contribution in [1.29, 1.82) is 0 Å². The van der Waals surface area contributed by atoms with Crippen LogP contribution in [0.2, 0.25) is 10.0 Å². The van der Waals surface area contributed by atoms with E-state index in [0.29, 0.717) is 29.7 Å². The van der Waals surface area contributed by atoms with Crippen molar-refractivity contribution in [2.24, 2.45) is 5.73 Å². The summed E-state index contributed by atoms with van der Waals surface area (Å²) < 4.78 is 0. The van der Waals surface area contributed by atoms with Crippen molar-refractivity contribution in [3.05, 3.63) is 33.8 Å². The molecule has 1 atom stereocenters. The van der Waals surface area contributed by atoms with Crippen LogP contribution in [-0.2, 0) is 4.79 Å². The number of carbonyl (C=O) groups is 2. The minimum absolute atomic E-state index is 0.280. The van der Waals surface area contributed by atoms with Crippen molar-refractivity contribution in [3.8, 4) is 0 Å². The first-order valence-electron chi connectivity index (χ1n) is 5.76. The zero-order valence-electron chi connectivity index (χ0n) is 10.0. The maximum atomic E-state index is 12.4. The van der Waals surface area contributed by atoms with Crippen LogP contribution in [0, 0.1) is 0 Å². The van der Waals surface area contributed by atoms with E-state index in [2.05, 4.69) is 5.32 Å². The largest absolute Gasteiger partial charge is 0.368 e. The molecular formula is C12H13Cl2N3O2. The number of primary amides is 1. The van der Waals surface area contributed by atoms with Gasteiger partial charge in [-0.25, -0.2) is 0 Å². The van der Waals surface area contributed by atoms with Crippen molar-refractivity contribution in [2.45, 2.75) is 6.04 Å². The fourth-order valence-electron chi connectivity index (χ4n) is 2.02. The molecular weight excluding hydrogens is 289 g/mol. The number of nitrogens with two attached hydrogens (primary N) is 1. The van der Waals surface area contributed by atoms with Crippen LogP contribution in [0.5, 0.6) is 0 Å². The minimum atomic E-state index is -0.670. The van der Waals surface area contributed by atoms with E-state index in [4.69, 9.17) is 28.9 Å². The van der Waals surface area contributed by atoms with E-state index in [1.54, 1.807) is 12.1 Å². The van der Waals surface area contributed by atoms with Gasteiger partial charge in [0.05, 0.1) is 10.6 Å². The summed E-state index contributed by atoms with van der Waals surface area (Å²) in [5.41, 5.74) is 5.59. The summed E-state index contributed by atoms with van der Waals surface area (Å²) in [6.45, 7) is 1.35. The topological polar surface area (TPSA) is 75.4 Å². The Labute approximate surface area is 120 Å². The Kier molecular flexibility index (Phi) is 4.29. The molecule has 3 N–H and O–H groups in total. The maximum Gasteiger partial charge on any atom is 0.256 e. The molecule has 0 spiro atoms. The number of halogens is 2. The summed E-state index contributed by atoms with van der Waals surface area (Å²) in [4.78, 5) is 25.2. The first-order chi connectivity index (χ1) is 9.00. The summed E-state index contributed by atoms with van der Waals surface area (Å²) >= 11 is 11.9. The fraction of sp³-hybridized carbons (Fsp3) is 0.333. The summed E-state index contributed by atoms with van der Waals surface area (Å²) in [6, 6.07) is 3.98. The van der Waals surface area contributed by atoms with Gasteiger partial charge in [-0.05, 0) is 18.2 Å².